The lowest BCUT2D eigenvalue weighted by Crippen LogP contribution is -2.25. The molecule has 0 saturated heterocycles. The molecule has 1 aliphatic carbocycles. The summed E-state index contributed by atoms with van der Waals surface area (Å²) in [6.45, 7) is 4.00. The van der Waals surface area contributed by atoms with Gasteiger partial charge in [-0.15, -0.1) is 0 Å². The topological polar surface area (TPSA) is 51.2 Å². The number of aromatic nitrogens is 1. The van der Waals surface area contributed by atoms with E-state index < -0.39 is 0 Å². The Morgan fingerprint density at radius 2 is 2.18 bits per heavy atom. The summed E-state index contributed by atoms with van der Waals surface area (Å²) >= 11 is 0. The number of carbonyl (C=O) groups excluding carboxylic acids is 1. The number of nitrogens with one attached hydrogen (secondary N) is 1. The van der Waals surface area contributed by atoms with Crippen LogP contribution in [-0.2, 0) is 4.74 Å². The highest BCUT2D eigenvalue weighted by Crippen LogP contribution is 2.40. The van der Waals surface area contributed by atoms with Crippen molar-refractivity contribution in [2.75, 3.05) is 19.8 Å². The van der Waals surface area contributed by atoms with Gasteiger partial charge in [0.15, 0.2) is 0 Å². The van der Waals surface area contributed by atoms with Crippen molar-refractivity contribution in [2.45, 2.75) is 32.1 Å². The highest BCUT2D eigenvalue weighted by molar-refractivity contribution is 6.06. The number of ether oxygens (including phenoxy) is 1. The lowest BCUT2D eigenvalue weighted by molar-refractivity contribution is 0.0945. The summed E-state index contributed by atoms with van der Waals surface area (Å²) < 4.78 is 5.29. The molecule has 1 aliphatic rings. The standard InChI is InChI=1S/C18H22N2O2/c1-2-22-11-5-10-19-18(21)15-12-17(13-8-9-13)20-16-7-4-3-6-14(15)16/h3-4,6-7,12-13H,2,5,8-11H2,1H3,(H,19,21). The molecule has 1 fully saturated rings. The second-order valence-electron chi connectivity index (χ2n) is 5.69. The van der Waals surface area contributed by atoms with E-state index in [1.807, 2.05) is 37.3 Å². The highest BCUT2D eigenvalue weighted by Gasteiger charge is 2.26. The van der Waals surface area contributed by atoms with Gasteiger partial charge >= 0.3 is 0 Å². The maximum absolute atomic E-state index is 12.5. The van der Waals surface area contributed by atoms with Gasteiger partial charge in [-0.05, 0) is 38.3 Å². The van der Waals surface area contributed by atoms with Gasteiger partial charge in [-0.3, -0.25) is 9.78 Å². The number of amides is 1. The molecule has 0 bridgehead atoms. The minimum atomic E-state index is -0.0167. The number of fused-ring (bicyclic) bond motifs is 1. The summed E-state index contributed by atoms with van der Waals surface area (Å²) in [5.41, 5.74) is 2.70. The van der Waals surface area contributed by atoms with E-state index in [0.29, 0.717) is 25.7 Å². The second-order valence-corrected chi connectivity index (χ2v) is 5.69. The first-order chi connectivity index (χ1) is 10.8. The largest absolute Gasteiger partial charge is 0.382 e. The molecule has 1 heterocycles. The van der Waals surface area contributed by atoms with E-state index in [1.165, 1.54) is 12.8 Å². The SMILES string of the molecule is CCOCCCNC(=O)c1cc(C2CC2)nc2ccccc12. The zero-order valence-corrected chi connectivity index (χ0v) is 13.0. The Kier molecular flexibility index (Phi) is 4.68. The van der Waals surface area contributed by atoms with Crippen molar-refractivity contribution in [1.29, 1.82) is 0 Å². The van der Waals surface area contributed by atoms with Crippen LogP contribution in [0.2, 0.25) is 0 Å². The molecule has 2 aromatic rings. The van der Waals surface area contributed by atoms with Crippen LogP contribution in [0.15, 0.2) is 30.3 Å². The fourth-order valence-corrected chi connectivity index (χ4v) is 2.59. The Labute approximate surface area is 130 Å². The van der Waals surface area contributed by atoms with E-state index in [2.05, 4.69) is 5.32 Å². The fourth-order valence-electron chi connectivity index (χ4n) is 2.59. The van der Waals surface area contributed by atoms with Crippen molar-refractivity contribution in [3.05, 3.63) is 41.6 Å². The molecule has 22 heavy (non-hydrogen) atoms. The predicted octanol–water partition coefficient (Wildman–Crippen LogP) is 3.27. The van der Waals surface area contributed by atoms with Gasteiger partial charge in [-0.25, -0.2) is 0 Å². The maximum atomic E-state index is 12.5. The van der Waals surface area contributed by atoms with Gasteiger partial charge in [0.2, 0.25) is 0 Å². The number of nitrogens with zero attached hydrogens (tertiary/aromatic N) is 1. The molecule has 0 aliphatic heterocycles. The molecule has 1 saturated carbocycles. The highest BCUT2D eigenvalue weighted by atomic mass is 16.5. The van der Waals surface area contributed by atoms with Gasteiger partial charge in [0, 0.05) is 36.8 Å². The van der Waals surface area contributed by atoms with E-state index in [4.69, 9.17) is 9.72 Å². The van der Waals surface area contributed by atoms with Crippen molar-refractivity contribution in [2.24, 2.45) is 0 Å². The molecule has 4 heteroatoms. The van der Waals surface area contributed by atoms with E-state index in [-0.39, 0.29) is 5.91 Å². The monoisotopic (exact) mass is 298 g/mol. The van der Waals surface area contributed by atoms with Crippen LogP contribution >= 0.6 is 0 Å². The van der Waals surface area contributed by atoms with Gasteiger partial charge in [-0.1, -0.05) is 18.2 Å². The lowest BCUT2D eigenvalue weighted by Gasteiger charge is -2.10. The fraction of sp³-hybridized carbons (Fsp3) is 0.444. The summed E-state index contributed by atoms with van der Waals surface area (Å²) in [4.78, 5) is 17.2. The molecular weight excluding hydrogens is 276 g/mol. The van der Waals surface area contributed by atoms with Gasteiger partial charge in [0.1, 0.15) is 0 Å². The first kappa shape index (κ1) is 15.0. The third kappa shape index (κ3) is 3.45. The van der Waals surface area contributed by atoms with Crippen LogP contribution in [0.3, 0.4) is 0 Å². The normalized spacial score (nSPS) is 14.2. The van der Waals surface area contributed by atoms with Gasteiger partial charge in [0.05, 0.1) is 11.1 Å². The zero-order chi connectivity index (χ0) is 15.4. The molecule has 3 rings (SSSR count). The molecule has 0 atom stereocenters. The first-order valence-corrected chi connectivity index (χ1v) is 8.05. The van der Waals surface area contributed by atoms with Crippen LogP contribution < -0.4 is 5.32 Å². The smallest absolute Gasteiger partial charge is 0.252 e. The summed E-state index contributed by atoms with van der Waals surface area (Å²) in [5.74, 6) is 0.520. The van der Waals surface area contributed by atoms with Crippen molar-refractivity contribution < 1.29 is 9.53 Å². The van der Waals surface area contributed by atoms with Crippen molar-refractivity contribution in [1.82, 2.24) is 10.3 Å². The van der Waals surface area contributed by atoms with E-state index in [9.17, 15) is 4.79 Å². The average molecular weight is 298 g/mol. The van der Waals surface area contributed by atoms with Crippen LogP contribution in [-0.4, -0.2) is 30.6 Å². The molecule has 4 nitrogen and oxygen atoms in total. The lowest BCUT2D eigenvalue weighted by atomic mass is 10.1. The first-order valence-electron chi connectivity index (χ1n) is 8.05. The average Bonchev–Trinajstić information content (AvgIpc) is 3.38. The van der Waals surface area contributed by atoms with Crippen molar-refractivity contribution in [3.63, 3.8) is 0 Å². The van der Waals surface area contributed by atoms with Crippen LogP contribution in [0.5, 0.6) is 0 Å². The summed E-state index contributed by atoms with van der Waals surface area (Å²) in [7, 11) is 0. The molecule has 1 amide bonds. The van der Waals surface area contributed by atoms with E-state index in [0.717, 1.165) is 28.6 Å². The zero-order valence-electron chi connectivity index (χ0n) is 13.0. The number of rotatable bonds is 7. The quantitative estimate of drug-likeness (QED) is 0.798. The summed E-state index contributed by atoms with van der Waals surface area (Å²) in [6.07, 6.45) is 3.19. The van der Waals surface area contributed by atoms with Crippen LogP contribution in [0, 0.1) is 0 Å². The number of hydrogen-bond acceptors (Lipinski definition) is 3. The summed E-state index contributed by atoms with van der Waals surface area (Å²) in [5, 5.41) is 3.92. The summed E-state index contributed by atoms with van der Waals surface area (Å²) in [6, 6.07) is 9.83. The third-order valence-electron chi connectivity index (χ3n) is 3.93. The van der Waals surface area contributed by atoms with E-state index in [1.54, 1.807) is 0 Å². The Hall–Kier alpha value is -1.94. The number of benzene rings is 1. The van der Waals surface area contributed by atoms with Gasteiger partial charge in [0.25, 0.3) is 5.91 Å². The Morgan fingerprint density at radius 1 is 1.36 bits per heavy atom. The Bertz CT molecular complexity index is 665. The van der Waals surface area contributed by atoms with Crippen LogP contribution in [0.4, 0.5) is 0 Å². The van der Waals surface area contributed by atoms with Crippen molar-refractivity contribution >= 4 is 16.8 Å². The van der Waals surface area contributed by atoms with Gasteiger partial charge in [-0.2, -0.15) is 0 Å². The molecule has 116 valence electrons. The second kappa shape index (κ2) is 6.88. The molecular formula is C18H22N2O2. The van der Waals surface area contributed by atoms with Crippen molar-refractivity contribution in [3.8, 4) is 0 Å². The Balaban J connectivity index is 1.77. The number of para-hydroxylation sites is 1. The number of carbonyl (C=O) groups is 1. The molecule has 0 spiro atoms. The third-order valence-corrected chi connectivity index (χ3v) is 3.93. The molecule has 1 aromatic carbocycles. The molecule has 1 N–H and O–H groups in total. The maximum Gasteiger partial charge on any atom is 0.252 e. The van der Waals surface area contributed by atoms with E-state index >= 15 is 0 Å². The minimum Gasteiger partial charge on any atom is -0.382 e. The van der Waals surface area contributed by atoms with Crippen LogP contribution in [0.25, 0.3) is 10.9 Å². The predicted molar refractivity (Wildman–Crippen MR) is 87.2 cm³/mol. The number of pyridine rings is 1. The molecule has 1 aromatic heterocycles. The van der Waals surface area contributed by atoms with Crippen LogP contribution in [0.1, 0.15) is 48.2 Å². The molecule has 0 radical (unpaired) electrons. The number of hydrogen-bond donors (Lipinski definition) is 1. The Morgan fingerprint density at radius 3 is 2.95 bits per heavy atom. The minimum absolute atomic E-state index is 0.0167. The van der Waals surface area contributed by atoms with Gasteiger partial charge < -0.3 is 10.1 Å². The molecule has 0 unspecified atom stereocenters.